The van der Waals surface area contributed by atoms with Crippen molar-refractivity contribution in [2.45, 2.75) is 59.0 Å². The molecule has 6 rings (SSSR count). The molecule has 5 aromatic rings. The van der Waals surface area contributed by atoms with E-state index in [4.69, 9.17) is 30.9 Å². The summed E-state index contributed by atoms with van der Waals surface area (Å²) >= 11 is 6.85. The quantitative estimate of drug-likeness (QED) is 0.0749. The number of aliphatic carboxylic acids is 1. The zero-order valence-electron chi connectivity index (χ0n) is 31.8. The van der Waals surface area contributed by atoms with Crippen LogP contribution in [0, 0.1) is 25.2 Å². The first-order chi connectivity index (χ1) is 27.2. The van der Waals surface area contributed by atoms with Gasteiger partial charge in [-0.25, -0.2) is 0 Å². The number of β-amino-alcohol motifs (C(OH)–C–C–N with tert-alkyl or cyclic N) is 1. The molecule has 1 aliphatic rings. The second-order valence-electron chi connectivity index (χ2n) is 14.0. The highest BCUT2D eigenvalue weighted by Gasteiger charge is 2.23. The maximum absolute atomic E-state index is 10.7. The van der Waals surface area contributed by atoms with Crippen LogP contribution in [0.2, 0.25) is 5.02 Å². The normalized spacial score (nSPS) is 14.0. The third kappa shape index (κ3) is 10.6. The summed E-state index contributed by atoms with van der Waals surface area (Å²) in [6.07, 6.45) is 4.33. The highest BCUT2D eigenvalue weighted by atomic mass is 35.5. The Bertz CT molecular complexity index is 2170. The number of benzene rings is 4. The summed E-state index contributed by atoms with van der Waals surface area (Å²) < 4.78 is 18.6. The summed E-state index contributed by atoms with van der Waals surface area (Å²) in [6, 6.07) is 28.3. The number of carbonyl (C=O) groups is 1. The molecule has 0 saturated carbocycles. The fraction of sp³-hybridized carbons (Fsp3) is 0.311. The molecule has 56 heavy (non-hydrogen) atoms. The Morgan fingerprint density at radius 2 is 1.66 bits per heavy atom. The molecule has 1 atom stereocenters. The first kappa shape index (κ1) is 40.2. The Labute approximate surface area is 333 Å². The molecule has 0 bridgehead atoms. The van der Waals surface area contributed by atoms with Crippen LogP contribution in [0.3, 0.4) is 0 Å². The molecule has 0 radical (unpaired) electrons. The minimum atomic E-state index is -0.782. The summed E-state index contributed by atoms with van der Waals surface area (Å²) in [5.74, 6) is 1.11. The van der Waals surface area contributed by atoms with Crippen molar-refractivity contribution in [3.8, 4) is 45.6 Å². The van der Waals surface area contributed by atoms with Crippen LogP contribution in [0.25, 0.3) is 22.3 Å². The maximum atomic E-state index is 10.7. The van der Waals surface area contributed by atoms with Crippen LogP contribution in [0.15, 0.2) is 91.3 Å². The second kappa shape index (κ2) is 19.4. The highest BCUT2D eigenvalue weighted by molar-refractivity contribution is 6.32. The molecule has 1 unspecified atom stereocenters. The van der Waals surface area contributed by atoms with Crippen molar-refractivity contribution < 1.29 is 29.2 Å². The molecule has 290 valence electrons. The minimum absolute atomic E-state index is 0.159. The smallest absolute Gasteiger partial charge is 0.303 e. The van der Waals surface area contributed by atoms with Crippen molar-refractivity contribution in [2.75, 3.05) is 32.8 Å². The average Bonchev–Trinajstić information content (AvgIpc) is 3.61. The van der Waals surface area contributed by atoms with E-state index in [2.05, 4.69) is 77.6 Å². The van der Waals surface area contributed by atoms with Gasteiger partial charge in [-0.1, -0.05) is 60.1 Å². The molecule has 10 nitrogen and oxygen atoms in total. The highest BCUT2D eigenvalue weighted by Crippen LogP contribution is 2.37. The molecule has 1 aliphatic heterocycles. The van der Waals surface area contributed by atoms with E-state index in [1.165, 1.54) is 6.20 Å². The van der Waals surface area contributed by atoms with Crippen molar-refractivity contribution in [2.24, 2.45) is 0 Å². The van der Waals surface area contributed by atoms with Gasteiger partial charge in [-0.2, -0.15) is 5.26 Å². The third-order valence-corrected chi connectivity index (χ3v) is 10.3. The summed E-state index contributed by atoms with van der Waals surface area (Å²) in [5.41, 5.74) is 9.89. The first-order valence-corrected chi connectivity index (χ1v) is 19.2. The van der Waals surface area contributed by atoms with Crippen LogP contribution >= 0.6 is 11.6 Å². The maximum Gasteiger partial charge on any atom is 0.303 e. The van der Waals surface area contributed by atoms with E-state index in [9.17, 15) is 15.2 Å². The van der Waals surface area contributed by atoms with Gasteiger partial charge in [-0.05, 0) is 96.4 Å². The van der Waals surface area contributed by atoms with Crippen molar-refractivity contribution in [1.29, 1.82) is 5.26 Å². The monoisotopic (exact) mass is 774 g/mol. The number of rotatable bonds is 18. The van der Waals surface area contributed by atoms with Gasteiger partial charge in [-0.15, -0.1) is 0 Å². The molecule has 1 aromatic heterocycles. The summed E-state index contributed by atoms with van der Waals surface area (Å²) in [7, 11) is 0. The Morgan fingerprint density at radius 1 is 0.911 bits per heavy atom. The number of ether oxygens (including phenoxy) is 3. The van der Waals surface area contributed by atoms with Crippen molar-refractivity contribution >= 4 is 17.6 Å². The topological polar surface area (TPSA) is 137 Å². The van der Waals surface area contributed by atoms with Gasteiger partial charge < -0.3 is 29.7 Å². The Kier molecular flexibility index (Phi) is 14.0. The Hall–Kier alpha value is -5.44. The van der Waals surface area contributed by atoms with Gasteiger partial charge in [0, 0.05) is 62.2 Å². The number of pyridine rings is 1. The van der Waals surface area contributed by atoms with E-state index in [0.29, 0.717) is 67.9 Å². The van der Waals surface area contributed by atoms with Crippen LogP contribution in [-0.4, -0.2) is 65.0 Å². The number of halogens is 1. The predicted molar refractivity (Wildman–Crippen MR) is 217 cm³/mol. The number of hydrogen-bond donors (Lipinski definition) is 3. The Balaban J connectivity index is 1.15. The molecule has 11 heteroatoms. The van der Waals surface area contributed by atoms with E-state index in [-0.39, 0.29) is 19.1 Å². The standard InChI is InChI=1S/C45H47ClN4O6/c1-30-35(29-56-44-22-43(55-28-33-20-32(23-47)24-49-25-33)36(21-42(44)46)26-50-18-15-37(51)27-50)6-3-8-40(30)41-9-4-7-39(31(41)2)34-11-13-38(14-12-34)54-19-17-48-16-5-10-45(52)53/h3-4,6-9,11-14,20-22,24-25,37,48,51H,5,10,15-19,26-29H2,1-2H3,(H,52,53). The molecule has 1 saturated heterocycles. The van der Waals surface area contributed by atoms with Gasteiger partial charge in [-0.3, -0.25) is 14.7 Å². The number of aromatic nitrogens is 1. The molecule has 0 spiro atoms. The summed E-state index contributed by atoms with van der Waals surface area (Å²) in [5, 5.41) is 31.9. The fourth-order valence-electron chi connectivity index (χ4n) is 6.92. The number of carboxylic acids is 1. The van der Waals surface area contributed by atoms with E-state index in [1.54, 1.807) is 12.3 Å². The van der Waals surface area contributed by atoms with Crippen LogP contribution in [0.5, 0.6) is 17.2 Å². The fourth-order valence-corrected chi connectivity index (χ4v) is 7.16. The molecule has 1 fully saturated rings. The molecular formula is C45H47ClN4O6. The lowest BCUT2D eigenvalue weighted by Crippen LogP contribution is -2.22. The van der Waals surface area contributed by atoms with Gasteiger partial charge in [0.1, 0.15) is 43.1 Å². The van der Waals surface area contributed by atoms with Gasteiger partial charge in [0.05, 0.1) is 16.7 Å². The molecule has 3 N–H and O–H groups in total. The van der Waals surface area contributed by atoms with E-state index < -0.39 is 5.97 Å². The second-order valence-corrected chi connectivity index (χ2v) is 14.4. The largest absolute Gasteiger partial charge is 0.492 e. The van der Waals surface area contributed by atoms with Crippen LogP contribution < -0.4 is 19.5 Å². The van der Waals surface area contributed by atoms with Crippen LogP contribution in [0.4, 0.5) is 0 Å². The van der Waals surface area contributed by atoms with Gasteiger partial charge in [0.15, 0.2) is 0 Å². The van der Waals surface area contributed by atoms with Crippen molar-refractivity contribution in [3.05, 3.63) is 130 Å². The minimum Gasteiger partial charge on any atom is -0.492 e. The number of nitriles is 1. The van der Waals surface area contributed by atoms with Crippen molar-refractivity contribution in [1.82, 2.24) is 15.2 Å². The summed E-state index contributed by atoms with van der Waals surface area (Å²) in [4.78, 5) is 17.0. The molecule has 0 aliphatic carbocycles. The number of nitrogens with one attached hydrogen (secondary N) is 1. The third-order valence-electron chi connectivity index (χ3n) is 9.98. The van der Waals surface area contributed by atoms with E-state index in [1.807, 2.05) is 30.3 Å². The lowest BCUT2D eigenvalue weighted by molar-refractivity contribution is -0.137. The zero-order chi connectivity index (χ0) is 39.4. The Morgan fingerprint density at radius 3 is 2.41 bits per heavy atom. The van der Waals surface area contributed by atoms with Crippen molar-refractivity contribution in [3.63, 3.8) is 0 Å². The number of hydrogen-bond acceptors (Lipinski definition) is 9. The van der Waals surface area contributed by atoms with Gasteiger partial charge in [0.2, 0.25) is 0 Å². The number of nitrogens with zero attached hydrogens (tertiary/aromatic N) is 3. The van der Waals surface area contributed by atoms with Crippen LogP contribution in [-0.2, 0) is 24.6 Å². The summed E-state index contributed by atoms with van der Waals surface area (Å²) in [6.45, 7) is 8.48. The number of carboxylic acid groups (broad SMARTS) is 1. The molecule has 2 heterocycles. The number of aliphatic hydroxyl groups excluding tert-OH is 1. The number of aliphatic hydroxyl groups is 1. The SMILES string of the molecule is Cc1c(COc2cc(OCc3cncc(C#N)c3)c(CN3CCC(O)C3)cc2Cl)cccc1-c1cccc(-c2ccc(OCCNCCCC(=O)O)cc2)c1C. The van der Waals surface area contributed by atoms with E-state index >= 15 is 0 Å². The first-order valence-electron chi connectivity index (χ1n) is 18.8. The number of likely N-dealkylation sites (tertiary alicyclic amines) is 1. The van der Waals surface area contributed by atoms with Crippen LogP contribution in [0.1, 0.15) is 52.6 Å². The average molecular weight is 775 g/mol. The lowest BCUT2D eigenvalue weighted by atomic mass is 9.89. The molecular weight excluding hydrogens is 728 g/mol. The predicted octanol–water partition coefficient (Wildman–Crippen LogP) is 8.12. The molecule has 4 aromatic carbocycles. The zero-order valence-corrected chi connectivity index (χ0v) is 32.5. The molecule has 0 amide bonds. The van der Waals surface area contributed by atoms with Gasteiger partial charge >= 0.3 is 5.97 Å². The van der Waals surface area contributed by atoms with E-state index in [0.717, 1.165) is 68.8 Å². The lowest BCUT2D eigenvalue weighted by Gasteiger charge is -2.20. The van der Waals surface area contributed by atoms with Gasteiger partial charge in [0.25, 0.3) is 0 Å².